The molecule has 0 aromatic rings. The Balaban J connectivity index is 4.66. The Morgan fingerprint density at radius 3 is 1.88 bits per heavy atom. The molecule has 0 bridgehead atoms. The smallest absolute Gasteiger partial charge is 0.327 e. The highest BCUT2D eigenvalue weighted by atomic mass is 31.2. The molecule has 0 aliphatic carbocycles. The molecule has 0 saturated heterocycles. The van der Waals surface area contributed by atoms with Gasteiger partial charge in [0.05, 0.1) is 5.60 Å². The summed E-state index contributed by atoms with van der Waals surface area (Å²) in [6, 6.07) is 0. The van der Waals surface area contributed by atoms with Gasteiger partial charge in [0, 0.05) is 0 Å². The summed E-state index contributed by atoms with van der Waals surface area (Å²) in [7, 11) is -2.27. The van der Waals surface area contributed by atoms with E-state index in [1.165, 1.54) is 12.8 Å². The zero-order valence-electron chi connectivity index (χ0n) is 11.2. The van der Waals surface area contributed by atoms with Gasteiger partial charge in [0.25, 0.3) is 0 Å². The lowest BCUT2D eigenvalue weighted by atomic mass is 9.77. The average molecular weight is 250 g/mol. The van der Waals surface area contributed by atoms with Crippen molar-refractivity contribution in [1.82, 2.24) is 0 Å². The molecule has 0 atom stereocenters. The van der Waals surface area contributed by atoms with Crippen LogP contribution in [0, 0.1) is 11.8 Å². The molecule has 98 valence electrons. The van der Waals surface area contributed by atoms with E-state index in [1.54, 1.807) is 0 Å². The van der Waals surface area contributed by atoms with Crippen LogP contribution in [-0.4, -0.2) is 15.4 Å². The van der Waals surface area contributed by atoms with Gasteiger partial charge in [-0.1, -0.05) is 53.9 Å². The maximum absolute atomic E-state index is 9.14. The van der Waals surface area contributed by atoms with E-state index in [0.717, 1.165) is 12.8 Å². The Morgan fingerprint density at radius 2 is 1.56 bits per heavy atom. The van der Waals surface area contributed by atoms with Crippen molar-refractivity contribution in [3.8, 4) is 0 Å². The Labute approximate surface area is 101 Å². The topological polar surface area (TPSA) is 49.7 Å². The second kappa shape index (κ2) is 7.60. The van der Waals surface area contributed by atoms with Crippen LogP contribution in [0.1, 0.15) is 60.3 Å². The molecule has 3 nitrogen and oxygen atoms in total. The fourth-order valence-electron chi connectivity index (χ4n) is 2.30. The third-order valence-electron chi connectivity index (χ3n) is 3.38. The van der Waals surface area contributed by atoms with Crippen molar-refractivity contribution in [2.45, 2.75) is 65.9 Å². The number of rotatable bonds is 8. The molecule has 0 aromatic carbocycles. The highest BCUT2D eigenvalue weighted by molar-refractivity contribution is 7.39. The second-order valence-electron chi connectivity index (χ2n) is 5.07. The van der Waals surface area contributed by atoms with Crippen molar-refractivity contribution in [2.75, 3.05) is 0 Å². The quantitative estimate of drug-likeness (QED) is 0.508. The number of hydrogen-bond acceptors (Lipinski definition) is 3. The van der Waals surface area contributed by atoms with Crippen molar-refractivity contribution < 1.29 is 14.3 Å². The van der Waals surface area contributed by atoms with E-state index < -0.39 is 14.2 Å². The molecule has 0 saturated carbocycles. The van der Waals surface area contributed by atoms with Gasteiger partial charge in [-0.25, -0.2) is 0 Å². The zero-order valence-corrected chi connectivity index (χ0v) is 12.1. The standard InChI is InChI=1S/C12H27O3P/c1-6-7-8-9-12(10(2)3,11(4)5)15-16(13)14/h10-11,13-14H,6-9H2,1-5H3. The van der Waals surface area contributed by atoms with Crippen LogP contribution in [0.3, 0.4) is 0 Å². The lowest BCUT2D eigenvalue weighted by Crippen LogP contribution is -2.42. The molecular formula is C12H27O3P. The van der Waals surface area contributed by atoms with Crippen molar-refractivity contribution in [2.24, 2.45) is 11.8 Å². The molecule has 16 heavy (non-hydrogen) atoms. The van der Waals surface area contributed by atoms with Gasteiger partial charge in [-0.05, 0) is 18.3 Å². The van der Waals surface area contributed by atoms with Crippen LogP contribution >= 0.6 is 8.60 Å². The van der Waals surface area contributed by atoms with Crippen LogP contribution in [0.2, 0.25) is 0 Å². The molecule has 0 amide bonds. The van der Waals surface area contributed by atoms with Crippen molar-refractivity contribution >= 4 is 8.60 Å². The van der Waals surface area contributed by atoms with Gasteiger partial charge < -0.3 is 14.3 Å². The molecule has 0 heterocycles. The minimum absolute atomic E-state index is 0.286. The highest BCUT2D eigenvalue weighted by Crippen LogP contribution is 2.44. The molecule has 4 heteroatoms. The van der Waals surface area contributed by atoms with Crippen LogP contribution < -0.4 is 0 Å². The maximum atomic E-state index is 9.14. The van der Waals surface area contributed by atoms with E-state index in [1.807, 2.05) is 0 Å². The van der Waals surface area contributed by atoms with Crippen molar-refractivity contribution in [3.63, 3.8) is 0 Å². The van der Waals surface area contributed by atoms with Gasteiger partial charge in [0.15, 0.2) is 0 Å². The molecule has 0 fully saturated rings. The van der Waals surface area contributed by atoms with Crippen LogP contribution in [0.5, 0.6) is 0 Å². The van der Waals surface area contributed by atoms with Crippen LogP contribution in [0.25, 0.3) is 0 Å². The fourth-order valence-corrected chi connectivity index (χ4v) is 3.12. The van der Waals surface area contributed by atoms with E-state index in [9.17, 15) is 0 Å². The summed E-state index contributed by atoms with van der Waals surface area (Å²) in [6.07, 6.45) is 4.31. The molecule has 0 rings (SSSR count). The number of unbranched alkanes of at least 4 members (excludes halogenated alkanes) is 2. The Hall–Kier alpha value is 0.310. The molecule has 0 aliphatic heterocycles. The van der Waals surface area contributed by atoms with Gasteiger partial charge in [-0.15, -0.1) is 0 Å². The minimum Gasteiger partial charge on any atom is -0.328 e. The molecule has 2 N–H and O–H groups in total. The summed E-state index contributed by atoms with van der Waals surface area (Å²) in [5.74, 6) is 0.572. The SMILES string of the molecule is CCCCCC(OP(O)O)(C(C)C)C(C)C. The number of hydrogen-bond donors (Lipinski definition) is 2. The van der Waals surface area contributed by atoms with Gasteiger partial charge in [0.1, 0.15) is 0 Å². The Bertz CT molecular complexity index is 173. The van der Waals surface area contributed by atoms with E-state index in [0.29, 0.717) is 0 Å². The highest BCUT2D eigenvalue weighted by Gasteiger charge is 2.39. The van der Waals surface area contributed by atoms with E-state index in [4.69, 9.17) is 14.3 Å². The van der Waals surface area contributed by atoms with Gasteiger partial charge in [-0.3, -0.25) is 0 Å². The van der Waals surface area contributed by atoms with E-state index >= 15 is 0 Å². The fraction of sp³-hybridized carbons (Fsp3) is 1.00. The Kier molecular flexibility index (Phi) is 7.75. The predicted molar refractivity (Wildman–Crippen MR) is 69.0 cm³/mol. The lowest BCUT2D eigenvalue weighted by molar-refractivity contribution is -0.0386. The summed E-state index contributed by atoms with van der Waals surface area (Å²) in [5, 5.41) is 0. The van der Waals surface area contributed by atoms with E-state index in [2.05, 4.69) is 34.6 Å². The first-order valence-corrected chi connectivity index (χ1v) is 7.40. The van der Waals surface area contributed by atoms with Crippen LogP contribution in [-0.2, 0) is 4.52 Å². The molecule has 0 radical (unpaired) electrons. The van der Waals surface area contributed by atoms with Crippen molar-refractivity contribution in [1.29, 1.82) is 0 Å². The van der Waals surface area contributed by atoms with E-state index in [-0.39, 0.29) is 11.8 Å². The molecular weight excluding hydrogens is 223 g/mol. The maximum Gasteiger partial charge on any atom is 0.327 e. The first-order valence-electron chi connectivity index (χ1n) is 6.23. The van der Waals surface area contributed by atoms with Gasteiger partial charge >= 0.3 is 8.60 Å². The Morgan fingerprint density at radius 1 is 1.06 bits per heavy atom. The average Bonchev–Trinajstić information content (AvgIpc) is 2.15. The van der Waals surface area contributed by atoms with Crippen LogP contribution in [0.15, 0.2) is 0 Å². The summed E-state index contributed by atoms with van der Waals surface area (Å²) < 4.78 is 5.48. The normalized spacial score (nSPS) is 13.1. The first kappa shape index (κ1) is 16.3. The molecule has 0 aromatic heterocycles. The first-order chi connectivity index (χ1) is 7.36. The summed E-state index contributed by atoms with van der Waals surface area (Å²) in [6.45, 7) is 10.5. The third-order valence-corrected chi connectivity index (χ3v) is 3.88. The minimum atomic E-state index is -2.27. The molecule has 0 unspecified atom stereocenters. The molecule has 0 spiro atoms. The van der Waals surface area contributed by atoms with Crippen LogP contribution in [0.4, 0.5) is 0 Å². The summed E-state index contributed by atoms with van der Waals surface area (Å²) in [4.78, 5) is 18.3. The second-order valence-corrected chi connectivity index (χ2v) is 5.75. The van der Waals surface area contributed by atoms with Gasteiger partial charge in [0.2, 0.25) is 0 Å². The van der Waals surface area contributed by atoms with Crippen molar-refractivity contribution in [3.05, 3.63) is 0 Å². The largest absolute Gasteiger partial charge is 0.328 e. The summed E-state index contributed by atoms with van der Waals surface area (Å²) in [5.41, 5.74) is -0.398. The summed E-state index contributed by atoms with van der Waals surface area (Å²) >= 11 is 0. The molecule has 0 aliphatic rings. The third kappa shape index (κ3) is 4.67. The van der Waals surface area contributed by atoms with Gasteiger partial charge in [-0.2, -0.15) is 0 Å². The monoisotopic (exact) mass is 250 g/mol. The predicted octanol–water partition coefficient (Wildman–Crippen LogP) is 3.85. The lowest BCUT2D eigenvalue weighted by Gasteiger charge is -2.41. The zero-order chi connectivity index (χ0) is 12.8.